The summed E-state index contributed by atoms with van der Waals surface area (Å²) in [6.07, 6.45) is 2.99. The monoisotopic (exact) mass is 293 g/mol. The lowest BCUT2D eigenvalue weighted by Crippen LogP contribution is -2.12. The summed E-state index contributed by atoms with van der Waals surface area (Å²) in [4.78, 5) is 30.0. The minimum absolute atomic E-state index is 0.117. The van der Waals surface area contributed by atoms with Crippen LogP contribution in [0, 0.1) is 0 Å². The van der Waals surface area contributed by atoms with Crippen molar-refractivity contribution in [2.24, 2.45) is 0 Å². The minimum atomic E-state index is -0.479. The molecule has 6 nitrogen and oxygen atoms in total. The fourth-order valence-corrected chi connectivity index (χ4v) is 1.75. The van der Waals surface area contributed by atoms with Gasteiger partial charge in [0.1, 0.15) is 10.8 Å². The van der Waals surface area contributed by atoms with Crippen molar-refractivity contribution in [1.82, 2.24) is 9.97 Å². The molecule has 2 heterocycles. The van der Waals surface area contributed by atoms with Gasteiger partial charge in [0.05, 0.1) is 17.9 Å². The molecule has 0 bridgehead atoms. The van der Waals surface area contributed by atoms with E-state index in [-0.39, 0.29) is 23.0 Å². The van der Waals surface area contributed by atoms with Crippen LogP contribution in [0.15, 0.2) is 30.6 Å². The van der Waals surface area contributed by atoms with E-state index in [1.54, 1.807) is 19.1 Å². The second kappa shape index (κ2) is 6.21. The highest BCUT2D eigenvalue weighted by molar-refractivity contribution is 6.33. The molecule has 2 N–H and O–H groups in total. The number of halogens is 1. The first kappa shape index (κ1) is 14.1. The van der Waals surface area contributed by atoms with E-state index in [1.165, 1.54) is 18.5 Å². The number of pyridine rings is 1. The molecule has 1 amide bonds. The van der Waals surface area contributed by atoms with Crippen molar-refractivity contribution < 1.29 is 14.3 Å². The number of esters is 1. The molecule has 104 valence electrons. The second-order valence-electron chi connectivity index (χ2n) is 3.82. The van der Waals surface area contributed by atoms with Crippen LogP contribution >= 0.6 is 11.6 Å². The standard InChI is InChI=1S/C13H12ClN3O3/c1-2-20-13(19)10-6-8(7-16-10)17-12(18)9-4-3-5-15-11(9)14/h3-7,16H,2H2,1H3,(H,17,18). The summed E-state index contributed by atoms with van der Waals surface area (Å²) in [6.45, 7) is 2.00. The number of hydrogen-bond acceptors (Lipinski definition) is 4. The zero-order valence-electron chi connectivity index (χ0n) is 10.6. The Morgan fingerprint density at radius 2 is 2.30 bits per heavy atom. The average molecular weight is 294 g/mol. The minimum Gasteiger partial charge on any atom is -0.461 e. The highest BCUT2D eigenvalue weighted by atomic mass is 35.5. The zero-order chi connectivity index (χ0) is 14.5. The molecule has 0 atom stereocenters. The van der Waals surface area contributed by atoms with Crippen LogP contribution in [0.4, 0.5) is 5.69 Å². The Hall–Kier alpha value is -2.34. The molecule has 0 spiro atoms. The summed E-state index contributed by atoms with van der Waals surface area (Å²) in [5, 5.41) is 2.73. The number of carbonyl (C=O) groups excluding carboxylic acids is 2. The Kier molecular flexibility index (Phi) is 4.37. The molecule has 0 aliphatic heterocycles. The van der Waals surface area contributed by atoms with E-state index >= 15 is 0 Å². The van der Waals surface area contributed by atoms with Gasteiger partial charge in [-0.2, -0.15) is 0 Å². The van der Waals surface area contributed by atoms with Crippen molar-refractivity contribution in [3.05, 3.63) is 47.0 Å². The fraction of sp³-hybridized carbons (Fsp3) is 0.154. The number of H-pyrrole nitrogens is 1. The molecule has 2 aromatic heterocycles. The first-order valence-corrected chi connectivity index (χ1v) is 6.27. The van der Waals surface area contributed by atoms with E-state index in [2.05, 4.69) is 15.3 Å². The fourth-order valence-electron chi connectivity index (χ4n) is 1.55. The van der Waals surface area contributed by atoms with Gasteiger partial charge in [0, 0.05) is 12.4 Å². The van der Waals surface area contributed by atoms with Gasteiger partial charge < -0.3 is 15.0 Å². The number of rotatable bonds is 4. The molecule has 2 rings (SSSR count). The number of hydrogen-bond donors (Lipinski definition) is 2. The molecule has 0 radical (unpaired) electrons. The molecular weight excluding hydrogens is 282 g/mol. The summed E-state index contributed by atoms with van der Waals surface area (Å²) >= 11 is 5.83. The molecule has 7 heteroatoms. The van der Waals surface area contributed by atoms with E-state index in [0.29, 0.717) is 5.69 Å². The van der Waals surface area contributed by atoms with E-state index in [9.17, 15) is 9.59 Å². The number of aromatic amines is 1. The van der Waals surface area contributed by atoms with Gasteiger partial charge in [0.25, 0.3) is 5.91 Å². The predicted molar refractivity (Wildman–Crippen MR) is 73.9 cm³/mol. The molecule has 20 heavy (non-hydrogen) atoms. The lowest BCUT2D eigenvalue weighted by molar-refractivity contribution is 0.0520. The van der Waals surface area contributed by atoms with Gasteiger partial charge in [-0.15, -0.1) is 0 Å². The molecule has 0 saturated carbocycles. The number of carbonyl (C=O) groups is 2. The van der Waals surface area contributed by atoms with Gasteiger partial charge in [-0.3, -0.25) is 4.79 Å². The molecule has 0 aliphatic carbocycles. The number of anilines is 1. The van der Waals surface area contributed by atoms with E-state index < -0.39 is 11.9 Å². The summed E-state index contributed by atoms with van der Waals surface area (Å²) in [6, 6.07) is 4.66. The Morgan fingerprint density at radius 1 is 1.50 bits per heavy atom. The first-order chi connectivity index (χ1) is 9.61. The van der Waals surface area contributed by atoms with Crippen LogP contribution in [0.5, 0.6) is 0 Å². The molecule has 0 aromatic carbocycles. The number of nitrogens with zero attached hydrogens (tertiary/aromatic N) is 1. The van der Waals surface area contributed by atoms with Gasteiger partial charge in [-0.25, -0.2) is 9.78 Å². The second-order valence-corrected chi connectivity index (χ2v) is 4.18. The van der Waals surface area contributed by atoms with Crippen LogP contribution in [-0.4, -0.2) is 28.5 Å². The van der Waals surface area contributed by atoms with Gasteiger partial charge in [0.2, 0.25) is 0 Å². The summed E-state index contributed by atoms with van der Waals surface area (Å²) in [5.74, 6) is -0.884. The normalized spacial score (nSPS) is 10.1. The molecule has 0 aliphatic rings. The quantitative estimate of drug-likeness (QED) is 0.670. The highest BCUT2D eigenvalue weighted by Gasteiger charge is 2.14. The molecule has 0 fully saturated rings. The van der Waals surface area contributed by atoms with Gasteiger partial charge in [-0.05, 0) is 25.1 Å². The lowest BCUT2D eigenvalue weighted by Gasteiger charge is -2.03. The first-order valence-electron chi connectivity index (χ1n) is 5.89. The number of aromatic nitrogens is 2. The lowest BCUT2D eigenvalue weighted by atomic mass is 10.2. The summed E-state index contributed by atoms with van der Waals surface area (Å²) in [7, 11) is 0. The van der Waals surface area contributed by atoms with Gasteiger partial charge in [0.15, 0.2) is 0 Å². The SMILES string of the molecule is CCOC(=O)c1cc(NC(=O)c2cccnc2Cl)c[nH]1. The van der Waals surface area contributed by atoms with Gasteiger partial charge >= 0.3 is 5.97 Å². The van der Waals surface area contributed by atoms with Crippen LogP contribution < -0.4 is 5.32 Å². The maximum Gasteiger partial charge on any atom is 0.354 e. The maximum atomic E-state index is 12.0. The number of amides is 1. The van der Waals surface area contributed by atoms with Crippen LogP contribution in [-0.2, 0) is 4.74 Å². The summed E-state index contributed by atoms with van der Waals surface area (Å²) in [5.41, 5.74) is 0.963. The summed E-state index contributed by atoms with van der Waals surface area (Å²) < 4.78 is 4.84. The van der Waals surface area contributed by atoms with E-state index in [0.717, 1.165) is 0 Å². The third kappa shape index (κ3) is 3.16. The molecule has 2 aromatic rings. The van der Waals surface area contributed by atoms with Crippen LogP contribution in [0.25, 0.3) is 0 Å². The molecule has 0 unspecified atom stereocenters. The third-order valence-corrected chi connectivity index (χ3v) is 2.74. The Balaban J connectivity index is 2.09. The predicted octanol–water partition coefficient (Wildman–Crippen LogP) is 2.49. The third-order valence-electron chi connectivity index (χ3n) is 2.44. The van der Waals surface area contributed by atoms with Crippen molar-refractivity contribution in [2.75, 3.05) is 11.9 Å². The average Bonchev–Trinajstić information content (AvgIpc) is 2.88. The van der Waals surface area contributed by atoms with E-state index in [4.69, 9.17) is 16.3 Å². The molecule has 0 saturated heterocycles. The number of ether oxygens (including phenoxy) is 1. The van der Waals surface area contributed by atoms with Crippen LogP contribution in [0.3, 0.4) is 0 Å². The van der Waals surface area contributed by atoms with E-state index in [1.807, 2.05) is 0 Å². The van der Waals surface area contributed by atoms with Crippen molar-refractivity contribution in [2.45, 2.75) is 6.92 Å². The van der Waals surface area contributed by atoms with Crippen molar-refractivity contribution in [3.8, 4) is 0 Å². The number of nitrogens with one attached hydrogen (secondary N) is 2. The molecular formula is C13H12ClN3O3. The Labute approximate surface area is 120 Å². The van der Waals surface area contributed by atoms with Crippen molar-refractivity contribution >= 4 is 29.2 Å². The maximum absolute atomic E-state index is 12.0. The Morgan fingerprint density at radius 3 is 3.00 bits per heavy atom. The van der Waals surface area contributed by atoms with Crippen LogP contribution in [0.2, 0.25) is 5.15 Å². The topological polar surface area (TPSA) is 84.1 Å². The van der Waals surface area contributed by atoms with Gasteiger partial charge in [-0.1, -0.05) is 11.6 Å². The van der Waals surface area contributed by atoms with Crippen LogP contribution in [0.1, 0.15) is 27.8 Å². The highest BCUT2D eigenvalue weighted by Crippen LogP contribution is 2.16. The Bertz CT molecular complexity index is 639. The smallest absolute Gasteiger partial charge is 0.354 e. The van der Waals surface area contributed by atoms with Crippen molar-refractivity contribution in [1.29, 1.82) is 0 Å². The zero-order valence-corrected chi connectivity index (χ0v) is 11.4. The largest absolute Gasteiger partial charge is 0.461 e. The van der Waals surface area contributed by atoms with Crippen molar-refractivity contribution in [3.63, 3.8) is 0 Å².